The van der Waals surface area contributed by atoms with Crippen LogP contribution in [-0.4, -0.2) is 67.9 Å². The zero-order valence-electron chi connectivity index (χ0n) is 17.3. The van der Waals surface area contributed by atoms with Crippen molar-refractivity contribution in [2.45, 2.75) is 50.5 Å². The fraction of sp³-hybridized carbons (Fsp3) is 0.526. The lowest BCUT2D eigenvalue weighted by molar-refractivity contribution is 0.0703. The fourth-order valence-corrected chi connectivity index (χ4v) is 4.97. The Morgan fingerprint density at radius 3 is 2.77 bits per heavy atom. The number of piperidine rings is 1. The molecule has 1 aliphatic heterocycles. The van der Waals surface area contributed by atoms with Gasteiger partial charge in [0.2, 0.25) is 0 Å². The standard InChI is InChI=1S/C19H25N7O3S/c1-4-7-25-13(2)15(9-22-25)18(27)24-8-5-6-14(11-24)17-16(30(3,28)29)10-20-19-21-12-23-26(17)19/h9-10,12,14H,4-8,11H2,1-3H3. The van der Waals surface area contributed by atoms with Crippen molar-refractivity contribution < 1.29 is 13.2 Å². The summed E-state index contributed by atoms with van der Waals surface area (Å²) in [7, 11) is -3.52. The van der Waals surface area contributed by atoms with Gasteiger partial charge in [-0.15, -0.1) is 0 Å². The van der Waals surface area contributed by atoms with Gasteiger partial charge in [0.1, 0.15) is 11.2 Å². The third-order valence-corrected chi connectivity index (χ3v) is 6.68. The Morgan fingerprint density at radius 1 is 1.23 bits per heavy atom. The van der Waals surface area contributed by atoms with E-state index in [-0.39, 0.29) is 16.7 Å². The zero-order valence-corrected chi connectivity index (χ0v) is 18.1. The van der Waals surface area contributed by atoms with Crippen LogP contribution in [0.25, 0.3) is 5.78 Å². The van der Waals surface area contributed by atoms with E-state index in [1.54, 1.807) is 11.1 Å². The molecular formula is C19H25N7O3S. The molecule has 11 heteroatoms. The Morgan fingerprint density at radius 2 is 2.03 bits per heavy atom. The first-order valence-electron chi connectivity index (χ1n) is 10.0. The van der Waals surface area contributed by atoms with Crippen molar-refractivity contribution in [3.05, 3.63) is 35.7 Å². The van der Waals surface area contributed by atoms with Gasteiger partial charge in [-0.1, -0.05) is 6.92 Å². The molecule has 3 aromatic heterocycles. The van der Waals surface area contributed by atoms with E-state index in [0.29, 0.717) is 30.1 Å². The second-order valence-corrected chi connectivity index (χ2v) is 9.69. The second kappa shape index (κ2) is 7.78. The average molecular weight is 432 g/mol. The predicted octanol–water partition coefficient (Wildman–Crippen LogP) is 1.46. The highest BCUT2D eigenvalue weighted by Gasteiger charge is 2.32. The van der Waals surface area contributed by atoms with Crippen LogP contribution >= 0.6 is 0 Å². The van der Waals surface area contributed by atoms with Gasteiger partial charge in [-0.3, -0.25) is 9.48 Å². The number of hydrogen-bond acceptors (Lipinski definition) is 7. The van der Waals surface area contributed by atoms with Crippen LogP contribution in [-0.2, 0) is 16.4 Å². The third kappa shape index (κ3) is 3.57. The van der Waals surface area contributed by atoms with Gasteiger partial charge in [0.25, 0.3) is 11.7 Å². The highest BCUT2D eigenvalue weighted by atomic mass is 32.2. The summed E-state index contributed by atoms with van der Waals surface area (Å²) >= 11 is 0. The number of sulfone groups is 1. The molecule has 4 heterocycles. The number of carbonyl (C=O) groups excluding carboxylic acids is 1. The first kappa shape index (κ1) is 20.5. The molecule has 10 nitrogen and oxygen atoms in total. The molecule has 1 amide bonds. The van der Waals surface area contributed by atoms with E-state index in [1.165, 1.54) is 17.0 Å². The molecule has 0 bridgehead atoms. The zero-order chi connectivity index (χ0) is 21.5. The van der Waals surface area contributed by atoms with Gasteiger partial charge in [-0.2, -0.15) is 19.7 Å². The molecule has 0 spiro atoms. The van der Waals surface area contributed by atoms with E-state index >= 15 is 0 Å². The Balaban J connectivity index is 1.68. The van der Waals surface area contributed by atoms with Crippen LogP contribution < -0.4 is 0 Å². The minimum absolute atomic E-state index is 0.0793. The van der Waals surface area contributed by atoms with Crippen LogP contribution in [0, 0.1) is 6.92 Å². The lowest BCUT2D eigenvalue weighted by Gasteiger charge is -2.33. The summed E-state index contributed by atoms with van der Waals surface area (Å²) in [5.41, 5.74) is 1.98. The van der Waals surface area contributed by atoms with Crippen LogP contribution in [0.3, 0.4) is 0 Å². The van der Waals surface area contributed by atoms with Crippen molar-refractivity contribution in [2.75, 3.05) is 19.3 Å². The van der Waals surface area contributed by atoms with Crippen molar-refractivity contribution in [2.24, 2.45) is 0 Å². The second-order valence-electron chi connectivity index (χ2n) is 7.71. The lowest BCUT2D eigenvalue weighted by atomic mass is 9.94. The largest absolute Gasteiger partial charge is 0.338 e. The monoisotopic (exact) mass is 431 g/mol. The predicted molar refractivity (Wildman–Crippen MR) is 109 cm³/mol. The number of aryl methyl sites for hydroxylation is 1. The highest BCUT2D eigenvalue weighted by molar-refractivity contribution is 7.90. The van der Waals surface area contributed by atoms with Gasteiger partial charge in [0.15, 0.2) is 9.84 Å². The number of fused-ring (bicyclic) bond motifs is 1. The maximum absolute atomic E-state index is 13.2. The first-order valence-corrected chi connectivity index (χ1v) is 11.9. The summed E-state index contributed by atoms with van der Waals surface area (Å²) < 4.78 is 28.2. The van der Waals surface area contributed by atoms with Crippen LogP contribution in [0.15, 0.2) is 23.6 Å². The summed E-state index contributed by atoms with van der Waals surface area (Å²) in [5, 5.41) is 8.53. The van der Waals surface area contributed by atoms with Crippen LogP contribution in [0.4, 0.5) is 0 Å². The smallest absolute Gasteiger partial charge is 0.257 e. The maximum atomic E-state index is 13.2. The minimum Gasteiger partial charge on any atom is -0.338 e. The van der Waals surface area contributed by atoms with Crippen molar-refractivity contribution in [3.8, 4) is 0 Å². The Labute approximate surface area is 174 Å². The number of aromatic nitrogens is 6. The summed E-state index contributed by atoms with van der Waals surface area (Å²) in [5.74, 6) is 0.0764. The topological polar surface area (TPSA) is 115 Å². The number of rotatable bonds is 5. The molecule has 0 radical (unpaired) electrons. The van der Waals surface area contributed by atoms with Crippen molar-refractivity contribution in [1.29, 1.82) is 0 Å². The summed E-state index contributed by atoms with van der Waals surface area (Å²) in [6, 6.07) is 0. The number of carbonyl (C=O) groups is 1. The average Bonchev–Trinajstić information content (AvgIpc) is 3.33. The van der Waals surface area contributed by atoms with E-state index in [9.17, 15) is 13.2 Å². The fourth-order valence-electron chi connectivity index (χ4n) is 4.09. The third-order valence-electron chi connectivity index (χ3n) is 5.57. The van der Waals surface area contributed by atoms with Crippen molar-refractivity contribution in [3.63, 3.8) is 0 Å². The lowest BCUT2D eigenvalue weighted by Crippen LogP contribution is -2.40. The molecule has 160 valence electrons. The summed E-state index contributed by atoms with van der Waals surface area (Å²) in [6.07, 6.45) is 7.93. The molecule has 0 saturated carbocycles. The van der Waals surface area contributed by atoms with Crippen LogP contribution in [0.1, 0.15) is 53.8 Å². The number of amides is 1. The molecule has 4 rings (SSSR count). The van der Waals surface area contributed by atoms with E-state index in [4.69, 9.17) is 0 Å². The highest BCUT2D eigenvalue weighted by Crippen LogP contribution is 2.32. The molecule has 3 aromatic rings. The van der Waals surface area contributed by atoms with Gasteiger partial charge in [-0.05, 0) is 26.2 Å². The molecule has 1 unspecified atom stereocenters. The molecule has 0 N–H and O–H groups in total. The van der Waals surface area contributed by atoms with Gasteiger partial charge in [0.05, 0.1) is 23.7 Å². The molecule has 0 aliphatic carbocycles. The molecule has 0 aromatic carbocycles. The molecule has 30 heavy (non-hydrogen) atoms. The first-order chi connectivity index (χ1) is 14.3. The minimum atomic E-state index is -3.52. The van der Waals surface area contributed by atoms with Crippen LogP contribution in [0.2, 0.25) is 0 Å². The summed E-state index contributed by atoms with van der Waals surface area (Å²) in [4.78, 5) is 23.3. The van der Waals surface area contributed by atoms with Gasteiger partial charge in [-0.25, -0.2) is 13.4 Å². The Hall–Kier alpha value is -2.82. The molecular weight excluding hydrogens is 406 g/mol. The molecule has 1 saturated heterocycles. The van der Waals surface area contributed by atoms with Crippen molar-refractivity contribution >= 4 is 21.5 Å². The molecule has 1 aliphatic rings. The number of nitrogens with zero attached hydrogens (tertiary/aromatic N) is 7. The van der Waals surface area contributed by atoms with Gasteiger partial charge in [0, 0.05) is 37.5 Å². The number of hydrogen-bond donors (Lipinski definition) is 0. The quantitative estimate of drug-likeness (QED) is 0.600. The number of likely N-dealkylation sites (tertiary alicyclic amines) is 1. The van der Waals surface area contributed by atoms with E-state index in [0.717, 1.165) is 37.8 Å². The normalized spacial score (nSPS) is 17.6. The van der Waals surface area contributed by atoms with Crippen molar-refractivity contribution in [1.82, 2.24) is 34.3 Å². The van der Waals surface area contributed by atoms with E-state index < -0.39 is 9.84 Å². The van der Waals surface area contributed by atoms with E-state index in [1.807, 2.05) is 11.6 Å². The maximum Gasteiger partial charge on any atom is 0.257 e. The Bertz CT molecular complexity index is 1200. The Kier molecular flexibility index (Phi) is 5.31. The molecule has 1 atom stereocenters. The summed E-state index contributed by atoms with van der Waals surface area (Å²) in [6.45, 7) is 5.75. The van der Waals surface area contributed by atoms with Gasteiger partial charge >= 0.3 is 0 Å². The molecule has 1 fully saturated rings. The van der Waals surface area contributed by atoms with Crippen LogP contribution in [0.5, 0.6) is 0 Å². The SMILES string of the molecule is CCCn1ncc(C(=O)N2CCCC(c3c(S(C)(=O)=O)cnc4ncnn34)C2)c1C. The van der Waals surface area contributed by atoms with Gasteiger partial charge < -0.3 is 4.90 Å². The van der Waals surface area contributed by atoms with E-state index in [2.05, 4.69) is 27.1 Å².